The lowest BCUT2D eigenvalue weighted by Crippen LogP contribution is -2.41. The van der Waals surface area contributed by atoms with E-state index in [1.165, 1.54) is 19.1 Å². The summed E-state index contributed by atoms with van der Waals surface area (Å²) >= 11 is 0. The molecular weight excluding hydrogens is 514 g/mol. The molecule has 12 heteroatoms. The first-order valence-electron chi connectivity index (χ1n) is 12.5. The second-order valence-corrected chi connectivity index (χ2v) is 9.91. The van der Waals surface area contributed by atoms with Crippen LogP contribution in [0.4, 0.5) is 32.0 Å². The van der Waals surface area contributed by atoms with Crippen LogP contribution in [0.3, 0.4) is 0 Å². The molecule has 0 unspecified atom stereocenters. The molecular formula is C26H30F6N4O2. The van der Waals surface area contributed by atoms with Crippen LogP contribution in [0, 0.1) is 5.82 Å². The summed E-state index contributed by atoms with van der Waals surface area (Å²) in [6, 6.07) is 3.39. The lowest BCUT2D eigenvalue weighted by atomic mass is 10.0. The molecule has 2 fully saturated rings. The highest BCUT2D eigenvalue weighted by Crippen LogP contribution is 2.48. The van der Waals surface area contributed by atoms with Gasteiger partial charge in [0, 0.05) is 43.5 Å². The number of nitrogens with zero attached hydrogens (tertiary/aromatic N) is 2. The minimum Gasteiger partial charge on any atom is -0.381 e. The fourth-order valence-corrected chi connectivity index (χ4v) is 4.94. The molecule has 4 rings (SSSR count). The SMILES string of the molecule is C[C@@H](NC(=O)c1cn(C2(C(F)F)CC2)c(=O)cc1NC1CCN(CCF)CC1)c1cccc(C(F)F)c1F. The summed E-state index contributed by atoms with van der Waals surface area (Å²) in [5.41, 5.74) is -3.31. The number of nitrogens with one attached hydrogen (secondary N) is 2. The molecule has 208 valence electrons. The molecule has 2 aromatic rings. The lowest BCUT2D eigenvalue weighted by molar-refractivity contribution is 0.0648. The Bertz CT molecular complexity index is 1210. The third-order valence-corrected chi connectivity index (χ3v) is 7.40. The highest BCUT2D eigenvalue weighted by atomic mass is 19.3. The van der Waals surface area contributed by atoms with Crippen molar-refractivity contribution in [2.45, 2.75) is 63.1 Å². The average Bonchev–Trinajstić information content (AvgIpc) is 3.67. The van der Waals surface area contributed by atoms with Gasteiger partial charge in [0.15, 0.2) is 0 Å². The number of pyridine rings is 1. The number of piperidine rings is 1. The predicted molar refractivity (Wildman–Crippen MR) is 130 cm³/mol. The van der Waals surface area contributed by atoms with Gasteiger partial charge in [0.2, 0.25) is 0 Å². The van der Waals surface area contributed by atoms with Crippen LogP contribution < -0.4 is 16.2 Å². The molecule has 0 radical (unpaired) electrons. The van der Waals surface area contributed by atoms with Gasteiger partial charge in [0.1, 0.15) is 18.0 Å². The molecule has 1 aromatic heterocycles. The summed E-state index contributed by atoms with van der Waals surface area (Å²) < 4.78 is 82.2. The number of carbonyl (C=O) groups is 1. The number of hydrogen-bond donors (Lipinski definition) is 2. The first-order valence-corrected chi connectivity index (χ1v) is 12.5. The van der Waals surface area contributed by atoms with Gasteiger partial charge in [-0.25, -0.2) is 26.3 Å². The zero-order chi connectivity index (χ0) is 27.6. The number of rotatable bonds is 10. The van der Waals surface area contributed by atoms with E-state index in [4.69, 9.17) is 0 Å². The molecule has 2 aliphatic rings. The van der Waals surface area contributed by atoms with Gasteiger partial charge in [-0.15, -0.1) is 0 Å². The van der Waals surface area contributed by atoms with Crippen LogP contribution >= 0.6 is 0 Å². The fourth-order valence-electron chi connectivity index (χ4n) is 4.94. The van der Waals surface area contributed by atoms with Crippen molar-refractivity contribution >= 4 is 11.6 Å². The van der Waals surface area contributed by atoms with E-state index in [1.807, 2.05) is 4.90 Å². The first-order chi connectivity index (χ1) is 18.1. The quantitative estimate of drug-likeness (QED) is 0.413. The van der Waals surface area contributed by atoms with E-state index in [-0.39, 0.29) is 35.7 Å². The van der Waals surface area contributed by atoms with Crippen LogP contribution in [-0.4, -0.2) is 54.2 Å². The summed E-state index contributed by atoms with van der Waals surface area (Å²) in [6.45, 7) is 2.46. The van der Waals surface area contributed by atoms with E-state index in [0.29, 0.717) is 32.5 Å². The number of hydrogen-bond acceptors (Lipinski definition) is 4. The predicted octanol–water partition coefficient (Wildman–Crippen LogP) is 5.02. The van der Waals surface area contributed by atoms with Gasteiger partial charge in [-0.3, -0.25) is 9.59 Å². The third-order valence-electron chi connectivity index (χ3n) is 7.40. The van der Waals surface area contributed by atoms with Crippen molar-refractivity contribution in [2.75, 3.05) is 31.6 Å². The molecule has 1 saturated heterocycles. The van der Waals surface area contributed by atoms with Crippen LogP contribution in [0.15, 0.2) is 35.3 Å². The number of amides is 1. The summed E-state index contributed by atoms with van der Waals surface area (Å²) in [5.74, 6) is -1.93. The zero-order valence-electron chi connectivity index (χ0n) is 20.8. The second kappa shape index (κ2) is 11.4. The van der Waals surface area contributed by atoms with Gasteiger partial charge in [-0.05, 0) is 32.6 Å². The molecule has 0 spiro atoms. The molecule has 1 aliphatic carbocycles. The van der Waals surface area contributed by atoms with E-state index in [1.54, 1.807) is 0 Å². The highest BCUT2D eigenvalue weighted by Gasteiger charge is 2.53. The van der Waals surface area contributed by atoms with Crippen LogP contribution in [0.1, 0.15) is 66.6 Å². The Morgan fingerprint density at radius 3 is 2.37 bits per heavy atom. The van der Waals surface area contributed by atoms with Crippen molar-refractivity contribution in [3.8, 4) is 0 Å². The molecule has 1 saturated carbocycles. The van der Waals surface area contributed by atoms with Gasteiger partial charge in [0.05, 0.1) is 22.9 Å². The summed E-state index contributed by atoms with van der Waals surface area (Å²) in [6.07, 6.45) is -3.41. The van der Waals surface area contributed by atoms with Crippen molar-refractivity contribution in [2.24, 2.45) is 0 Å². The molecule has 1 amide bonds. The van der Waals surface area contributed by atoms with Gasteiger partial charge in [-0.2, -0.15) is 0 Å². The highest BCUT2D eigenvalue weighted by molar-refractivity contribution is 5.99. The van der Waals surface area contributed by atoms with Crippen molar-refractivity contribution in [3.05, 3.63) is 63.3 Å². The monoisotopic (exact) mass is 544 g/mol. The maximum Gasteiger partial charge on any atom is 0.266 e. The van der Waals surface area contributed by atoms with Gasteiger partial charge < -0.3 is 20.1 Å². The van der Waals surface area contributed by atoms with Gasteiger partial charge in [-0.1, -0.05) is 18.2 Å². The average molecular weight is 545 g/mol. The van der Waals surface area contributed by atoms with Gasteiger partial charge in [0.25, 0.3) is 24.3 Å². The molecule has 38 heavy (non-hydrogen) atoms. The Labute approximate surface area is 216 Å². The van der Waals surface area contributed by atoms with E-state index in [2.05, 4.69) is 10.6 Å². The fraction of sp³-hybridized carbons (Fsp3) is 0.538. The number of benzene rings is 1. The standard InChI is InChI=1S/C26H30F6N4O2/c1-15(17-3-2-4-18(22(17)28)23(29)30)33-24(38)19-14-36(26(7-8-26)25(31)32)21(37)13-20(19)34-16-5-10-35(11-6-16)12-9-27/h2-4,13-16,23,25,34H,5-12H2,1H3,(H,33,38)/t15-/m1/s1. The summed E-state index contributed by atoms with van der Waals surface area (Å²) in [5, 5.41) is 5.71. The first kappa shape index (κ1) is 28.0. The van der Waals surface area contributed by atoms with Crippen LogP contribution in [0.2, 0.25) is 0 Å². The lowest BCUT2D eigenvalue weighted by Gasteiger charge is -2.32. The third kappa shape index (κ3) is 5.69. The molecule has 6 nitrogen and oxygen atoms in total. The number of alkyl halides is 5. The number of likely N-dealkylation sites (tertiary alicyclic amines) is 1. The van der Waals surface area contributed by atoms with Crippen molar-refractivity contribution < 1.29 is 31.1 Å². The van der Waals surface area contributed by atoms with Crippen molar-refractivity contribution in [3.63, 3.8) is 0 Å². The van der Waals surface area contributed by atoms with E-state index >= 15 is 0 Å². The second-order valence-electron chi connectivity index (χ2n) is 9.91. The number of halogens is 6. The number of aromatic nitrogens is 1. The minimum atomic E-state index is -3.04. The molecule has 1 aliphatic heterocycles. The smallest absolute Gasteiger partial charge is 0.266 e. The van der Waals surface area contributed by atoms with Gasteiger partial charge >= 0.3 is 0 Å². The molecule has 0 bridgehead atoms. The minimum absolute atomic E-state index is 0.0769. The summed E-state index contributed by atoms with van der Waals surface area (Å²) in [4.78, 5) is 28.2. The van der Waals surface area contributed by atoms with Crippen molar-refractivity contribution in [1.29, 1.82) is 0 Å². The maximum absolute atomic E-state index is 14.7. The molecule has 2 N–H and O–H groups in total. The topological polar surface area (TPSA) is 66.4 Å². The van der Waals surface area contributed by atoms with E-state index < -0.39 is 54.0 Å². The Balaban J connectivity index is 1.63. The normalized spacial score (nSPS) is 18.6. The van der Waals surface area contributed by atoms with Crippen molar-refractivity contribution in [1.82, 2.24) is 14.8 Å². The van der Waals surface area contributed by atoms with E-state index in [0.717, 1.165) is 22.9 Å². The Hall–Kier alpha value is -3.02. The zero-order valence-corrected chi connectivity index (χ0v) is 20.8. The molecule has 2 heterocycles. The Morgan fingerprint density at radius 2 is 1.79 bits per heavy atom. The molecule has 1 aromatic carbocycles. The molecule has 1 atom stereocenters. The Kier molecular flexibility index (Phi) is 8.39. The Morgan fingerprint density at radius 1 is 1.13 bits per heavy atom. The largest absolute Gasteiger partial charge is 0.381 e. The van der Waals surface area contributed by atoms with E-state index in [9.17, 15) is 35.9 Å². The van der Waals surface area contributed by atoms with Crippen LogP contribution in [0.5, 0.6) is 0 Å². The van der Waals surface area contributed by atoms with Crippen LogP contribution in [0.25, 0.3) is 0 Å². The van der Waals surface area contributed by atoms with Crippen LogP contribution in [-0.2, 0) is 5.54 Å². The number of anilines is 1. The maximum atomic E-state index is 14.7. The summed E-state index contributed by atoms with van der Waals surface area (Å²) in [7, 11) is 0. The number of carbonyl (C=O) groups excluding carboxylic acids is 1.